The molecule has 5 nitrogen and oxygen atoms in total. The minimum atomic E-state index is -0.859. The molecule has 0 spiro atoms. The number of carbonyl (C=O) groups is 2. The van der Waals surface area contributed by atoms with Gasteiger partial charge in [0.05, 0.1) is 13.6 Å². The molecule has 3 N–H and O–H groups in total. The van der Waals surface area contributed by atoms with Gasteiger partial charge in [0.2, 0.25) is 0 Å². The SMILES string of the molecule is C[N+]1([C@@H](C(N)=O)c2ccccc2)CCC[C@@H]1C(=O)O. The van der Waals surface area contributed by atoms with Crippen molar-refractivity contribution in [3.63, 3.8) is 0 Å². The number of benzene rings is 1. The number of primary amides is 1. The van der Waals surface area contributed by atoms with Gasteiger partial charge in [0.25, 0.3) is 5.91 Å². The number of carboxylic acid groups (broad SMARTS) is 1. The van der Waals surface area contributed by atoms with Crippen LogP contribution in [0.4, 0.5) is 0 Å². The summed E-state index contributed by atoms with van der Waals surface area (Å²) in [4.78, 5) is 23.3. The van der Waals surface area contributed by atoms with Crippen LogP contribution in [-0.4, -0.2) is 41.1 Å². The molecule has 0 saturated carbocycles. The second-order valence-corrected chi connectivity index (χ2v) is 5.28. The number of quaternary nitrogens is 1. The summed E-state index contributed by atoms with van der Waals surface area (Å²) in [5, 5.41) is 9.36. The van der Waals surface area contributed by atoms with Gasteiger partial charge in [-0.05, 0) is 0 Å². The normalized spacial score (nSPS) is 27.9. The fourth-order valence-electron chi connectivity index (χ4n) is 3.19. The van der Waals surface area contributed by atoms with E-state index >= 15 is 0 Å². The monoisotopic (exact) mass is 263 g/mol. The van der Waals surface area contributed by atoms with Crippen LogP contribution in [0.3, 0.4) is 0 Å². The van der Waals surface area contributed by atoms with Crippen LogP contribution in [0.15, 0.2) is 30.3 Å². The Morgan fingerprint density at radius 1 is 1.37 bits per heavy atom. The highest BCUT2D eigenvalue weighted by Gasteiger charge is 2.50. The lowest BCUT2D eigenvalue weighted by Gasteiger charge is -2.39. The average Bonchev–Trinajstić information content (AvgIpc) is 2.72. The van der Waals surface area contributed by atoms with Crippen LogP contribution in [0.5, 0.6) is 0 Å². The fourth-order valence-corrected chi connectivity index (χ4v) is 3.19. The van der Waals surface area contributed by atoms with E-state index in [-0.39, 0.29) is 4.48 Å². The molecule has 19 heavy (non-hydrogen) atoms. The van der Waals surface area contributed by atoms with Gasteiger partial charge in [-0.15, -0.1) is 0 Å². The summed E-state index contributed by atoms with van der Waals surface area (Å²) in [6.07, 6.45) is 1.38. The van der Waals surface area contributed by atoms with Crippen molar-refractivity contribution in [1.82, 2.24) is 0 Å². The Hall–Kier alpha value is -1.88. The van der Waals surface area contributed by atoms with Crippen molar-refractivity contribution >= 4 is 11.9 Å². The minimum Gasteiger partial charge on any atom is -0.477 e. The Balaban J connectivity index is 2.44. The van der Waals surface area contributed by atoms with Crippen molar-refractivity contribution in [3.8, 4) is 0 Å². The van der Waals surface area contributed by atoms with Gasteiger partial charge >= 0.3 is 5.97 Å². The van der Waals surface area contributed by atoms with E-state index in [2.05, 4.69) is 0 Å². The lowest BCUT2D eigenvalue weighted by atomic mass is 10.0. The third kappa shape index (κ3) is 2.33. The number of hydrogen-bond donors (Lipinski definition) is 2. The number of rotatable bonds is 4. The smallest absolute Gasteiger partial charge is 0.362 e. The maximum absolute atomic E-state index is 11.9. The topological polar surface area (TPSA) is 80.4 Å². The Morgan fingerprint density at radius 3 is 2.53 bits per heavy atom. The van der Waals surface area contributed by atoms with Crippen LogP contribution in [0.1, 0.15) is 24.4 Å². The number of likely N-dealkylation sites (N-methyl/N-ethyl adjacent to an activating group) is 1. The van der Waals surface area contributed by atoms with Crippen LogP contribution >= 0.6 is 0 Å². The van der Waals surface area contributed by atoms with Gasteiger partial charge < -0.3 is 15.3 Å². The lowest BCUT2D eigenvalue weighted by molar-refractivity contribution is -0.933. The number of likely N-dealkylation sites (tertiary alicyclic amines) is 1. The molecule has 0 aliphatic carbocycles. The van der Waals surface area contributed by atoms with Gasteiger partial charge in [0, 0.05) is 18.4 Å². The number of carbonyl (C=O) groups excluding carboxylic acids is 1. The Labute approximate surface area is 112 Å². The highest BCUT2D eigenvalue weighted by atomic mass is 16.4. The van der Waals surface area contributed by atoms with E-state index in [0.717, 1.165) is 12.0 Å². The molecule has 1 aliphatic rings. The number of aliphatic carboxylic acids is 1. The summed E-state index contributed by atoms with van der Waals surface area (Å²) >= 11 is 0. The first-order chi connectivity index (χ1) is 8.97. The van der Waals surface area contributed by atoms with Crippen molar-refractivity contribution in [2.24, 2.45) is 5.73 Å². The van der Waals surface area contributed by atoms with Crippen molar-refractivity contribution < 1.29 is 19.2 Å². The molecule has 3 atom stereocenters. The summed E-state index contributed by atoms with van der Waals surface area (Å²) in [6, 6.07) is 8.02. The highest BCUT2D eigenvalue weighted by Crippen LogP contribution is 2.36. The number of nitrogens with two attached hydrogens (primary N) is 1. The third-order valence-corrected chi connectivity index (χ3v) is 4.09. The quantitative estimate of drug-likeness (QED) is 0.792. The average molecular weight is 263 g/mol. The summed E-state index contributed by atoms with van der Waals surface area (Å²) in [6.45, 7) is 0.652. The number of amides is 1. The molecule has 1 fully saturated rings. The predicted molar refractivity (Wildman–Crippen MR) is 70.1 cm³/mol. The van der Waals surface area contributed by atoms with E-state index in [4.69, 9.17) is 5.73 Å². The molecule has 1 aromatic carbocycles. The Bertz CT molecular complexity index is 489. The van der Waals surface area contributed by atoms with E-state index in [1.165, 1.54) is 0 Å². The molecular weight excluding hydrogens is 244 g/mol. The first-order valence-corrected chi connectivity index (χ1v) is 6.39. The molecule has 102 valence electrons. The standard InChI is InChI=1S/C14H18N2O3/c1-16(9-5-8-11(16)14(18)19)12(13(15)17)10-6-3-2-4-7-10/h2-4,6-7,11-12H,5,8-9H2,1H3,(H2-,15,17,18,19)/p+1/t11-,12-,16?/m1/s1. The van der Waals surface area contributed by atoms with Crippen molar-refractivity contribution in [3.05, 3.63) is 35.9 Å². The summed E-state index contributed by atoms with van der Waals surface area (Å²) < 4.78 is 0.161. The molecule has 1 aromatic rings. The van der Waals surface area contributed by atoms with Gasteiger partial charge in [0.1, 0.15) is 0 Å². The highest BCUT2D eigenvalue weighted by molar-refractivity contribution is 5.81. The Kier molecular flexibility index (Phi) is 3.57. The fraction of sp³-hybridized carbons (Fsp3) is 0.429. The molecule has 1 aliphatic heterocycles. The van der Waals surface area contributed by atoms with Crippen molar-refractivity contribution in [2.45, 2.75) is 24.9 Å². The summed E-state index contributed by atoms with van der Waals surface area (Å²) in [5.74, 6) is -1.33. The molecule has 1 amide bonds. The maximum Gasteiger partial charge on any atom is 0.362 e. The maximum atomic E-state index is 11.9. The third-order valence-electron chi connectivity index (χ3n) is 4.09. The predicted octanol–water partition coefficient (Wildman–Crippen LogP) is 0.907. The molecule has 1 heterocycles. The van der Waals surface area contributed by atoms with Crippen LogP contribution in [0.25, 0.3) is 0 Å². The molecular formula is C14H19N2O3+. The van der Waals surface area contributed by atoms with Crippen LogP contribution in [0.2, 0.25) is 0 Å². The molecule has 1 unspecified atom stereocenters. The van der Waals surface area contributed by atoms with Crippen LogP contribution < -0.4 is 5.73 Å². The van der Waals surface area contributed by atoms with E-state index < -0.39 is 24.0 Å². The Morgan fingerprint density at radius 2 is 2.00 bits per heavy atom. The van der Waals surface area contributed by atoms with Gasteiger partial charge in [0.15, 0.2) is 12.1 Å². The summed E-state index contributed by atoms with van der Waals surface area (Å²) in [5.41, 5.74) is 6.33. The number of carboxylic acids is 1. The van der Waals surface area contributed by atoms with Gasteiger partial charge in [-0.3, -0.25) is 4.79 Å². The zero-order chi connectivity index (χ0) is 14.0. The van der Waals surface area contributed by atoms with Crippen molar-refractivity contribution in [1.29, 1.82) is 0 Å². The second-order valence-electron chi connectivity index (χ2n) is 5.28. The first kappa shape index (κ1) is 13.5. The van der Waals surface area contributed by atoms with Gasteiger partial charge in [-0.1, -0.05) is 30.3 Å². The lowest BCUT2D eigenvalue weighted by Crippen LogP contribution is -2.57. The minimum absolute atomic E-state index is 0.161. The number of hydrogen-bond acceptors (Lipinski definition) is 2. The first-order valence-electron chi connectivity index (χ1n) is 6.39. The van der Waals surface area contributed by atoms with E-state index in [0.29, 0.717) is 13.0 Å². The van der Waals surface area contributed by atoms with Gasteiger partial charge in [-0.2, -0.15) is 0 Å². The van der Waals surface area contributed by atoms with Gasteiger partial charge in [-0.25, -0.2) is 4.79 Å². The largest absolute Gasteiger partial charge is 0.477 e. The molecule has 1 saturated heterocycles. The zero-order valence-corrected chi connectivity index (χ0v) is 11.0. The van der Waals surface area contributed by atoms with Crippen LogP contribution in [-0.2, 0) is 9.59 Å². The van der Waals surface area contributed by atoms with E-state index in [1.54, 1.807) is 0 Å². The van der Waals surface area contributed by atoms with Crippen molar-refractivity contribution in [2.75, 3.05) is 13.6 Å². The molecule has 0 radical (unpaired) electrons. The molecule has 2 rings (SSSR count). The van der Waals surface area contributed by atoms with E-state index in [9.17, 15) is 14.7 Å². The second kappa shape index (κ2) is 5.01. The van der Waals surface area contributed by atoms with Crippen LogP contribution in [0, 0.1) is 0 Å². The molecule has 0 aromatic heterocycles. The summed E-state index contributed by atoms with van der Waals surface area (Å²) in [7, 11) is 1.81. The zero-order valence-electron chi connectivity index (χ0n) is 11.0. The molecule has 5 heteroatoms. The molecule has 0 bridgehead atoms. The number of nitrogens with zero attached hydrogens (tertiary/aromatic N) is 1. The van der Waals surface area contributed by atoms with E-state index in [1.807, 2.05) is 37.4 Å².